The van der Waals surface area contributed by atoms with E-state index in [0.717, 1.165) is 24.0 Å². The second-order valence-corrected chi connectivity index (χ2v) is 8.02. The second kappa shape index (κ2) is 9.49. The summed E-state index contributed by atoms with van der Waals surface area (Å²) in [6.07, 6.45) is 2.40. The number of rotatable bonds is 9. The number of methoxy groups -OCH3 is 1. The number of amides is 1. The van der Waals surface area contributed by atoms with Gasteiger partial charge in [-0.2, -0.15) is 0 Å². The van der Waals surface area contributed by atoms with E-state index in [1.54, 1.807) is 17.0 Å². The predicted molar refractivity (Wildman–Crippen MR) is 117 cm³/mol. The largest absolute Gasteiger partial charge is 0.504 e. The van der Waals surface area contributed by atoms with Gasteiger partial charge in [0.2, 0.25) is 5.91 Å². The van der Waals surface area contributed by atoms with Gasteiger partial charge in [0.05, 0.1) is 26.2 Å². The molecule has 0 aliphatic carbocycles. The highest BCUT2D eigenvalue weighted by Crippen LogP contribution is 2.38. The summed E-state index contributed by atoms with van der Waals surface area (Å²) in [5, 5.41) is 9.96. The Labute approximate surface area is 178 Å². The van der Waals surface area contributed by atoms with Gasteiger partial charge in [0.15, 0.2) is 11.5 Å². The van der Waals surface area contributed by atoms with Gasteiger partial charge in [-0.05, 0) is 48.6 Å². The smallest absolute Gasteiger partial charge is 0.240 e. The van der Waals surface area contributed by atoms with Gasteiger partial charge in [-0.25, -0.2) is 0 Å². The molecule has 2 aromatic carbocycles. The highest BCUT2D eigenvalue weighted by molar-refractivity contribution is 5.83. The minimum absolute atomic E-state index is 0.0430. The van der Waals surface area contributed by atoms with Crippen molar-refractivity contribution in [2.24, 2.45) is 5.73 Å². The lowest BCUT2D eigenvalue weighted by atomic mass is 9.82. The number of carbonyl (C=O) groups is 1. The third-order valence-electron chi connectivity index (χ3n) is 5.73. The summed E-state index contributed by atoms with van der Waals surface area (Å²) >= 11 is 0. The van der Waals surface area contributed by atoms with Crippen molar-refractivity contribution in [3.63, 3.8) is 0 Å². The Morgan fingerprint density at radius 2 is 2.00 bits per heavy atom. The Kier molecular flexibility index (Phi) is 7.00. The summed E-state index contributed by atoms with van der Waals surface area (Å²) in [5.74, 6) is 0.337. The summed E-state index contributed by atoms with van der Waals surface area (Å²) in [6.45, 7) is 5.89. The summed E-state index contributed by atoms with van der Waals surface area (Å²) in [6, 6.07) is 12.6. The van der Waals surface area contributed by atoms with Crippen LogP contribution in [-0.4, -0.2) is 48.8 Å². The third-order valence-corrected chi connectivity index (χ3v) is 5.73. The number of aromatic hydroxyl groups is 1. The van der Waals surface area contributed by atoms with E-state index in [1.165, 1.54) is 12.7 Å². The fraction of sp³-hybridized carbons (Fsp3) is 0.458. The van der Waals surface area contributed by atoms with Crippen molar-refractivity contribution in [1.29, 1.82) is 0 Å². The Bertz CT molecular complexity index is 877. The zero-order valence-corrected chi connectivity index (χ0v) is 18.1. The molecule has 1 heterocycles. The minimum Gasteiger partial charge on any atom is -0.504 e. The Hall–Kier alpha value is -2.57. The van der Waals surface area contributed by atoms with Crippen molar-refractivity contribution in [2.45, 2.75) is 44.8 Å². The van der Waals surface area contributed by atoms with E-state index in [-0.39, 0.29) is 11.7 Å². The molecule has 0 saturated carbocycles. The molecule has 2 aromatic rings. The van der Waals surface area contributed by atoms with E-state index in [0.29, 0.717) is 31.9 Å². The first-order valence-electron chi connectivity index (χ1n) is 10.5. The molecule has 3 N–H and O–H groups in total. The number of hydrogen-bond acceptors (Lipinski definition) is 5. The molecule has 0 radical (unpaired) electrons. The number of phenols is 1. The number of aryl methyl sites for hydroxylation is 1. The molecule has 6 heteroatoms. The average molecular weight is 413 g/mol. The number of phenolic OH excluding ortho intramolecular Hbond substituents is 1. The van der Waals surface area contributed by atoms with E-state index >= 15 is 0 Å². The number of carbonyl (C=O) groups excluding carboxylic acids is 1. The van der Waals surface area contributed by atoms with Gasteiger partial charge < -0.3 is 25.2 Å². The highest BCUT2D eigenvalue weighted by atomic mass is 16.5. The molecule has 1 atom stereocenters. The van der Waals surface area contributed by atoms with E-state index in [9.17, 15) is 9.90 Å². The van der Waals surface area contributed by atoms with Crippen molar-refractivity contribution in [3.05, 3.63) is 59.2 Å². The lowest BCUT2D eigenvalue weighted by Gasteiger charge is -2.51. The van der Waals surface area contributed by atoms with E-state index in [4.69, 9.17) is 15.2 Å². The maximum atomic E-state index is 12.9. The monoisotopic (exact) mass is 412 g/mol. The SMILES string of the molecule is CCCCOC1(c2ccccc2C)CN(C(=O)C(N)Cc2ccc(OC)c(O)c2)C1. The molecule has 6 nitrogen and oxygen atoms in total. The van der Waals surface area contributed by atoms with Gasteiger partial charge in [-0.1, -0.05) is 43.7 Å². The number of ether oxygens (including phenoxy) is 2. The van der Waals surface area contributed by atoms with E-state index in [1.807, 2.05) is 18.2 Å². The van der Waals surface area contributed by atoms with E-state index < -0.39 is 11.6 Å². The van der Waals surface area contributed by atoms with Crippen LogP contribution in [0.3, 0.4) is 0 Å². The summed E-state index contributed by atoms with van der Waals surface area (Å²) in [4.78, 5) is 14.7. The third kappa shape index (κ3) is 4.60. The molecule has 0 aromatic heterocycles. The molecular formula is C24H32N2O4. The molecule has 162 valence electrons. The van der Waals surface area contributed by atoms with Crippen LogP contribution in [0.25, 0.3) is 0 Å². The van der Waals surface area contributed by atoms with Gasteiger partial charge in [0.1, 0.15) is 5.60 Å². The normalized spacial score (nSPS) is 16.1. The van der Waals surface area contributed by atoms with Crippen LogP contribution in [0.5, 0.6) is 11.5 Å². The number of benzene rings is 2. The minimum atomic E-state index is -0.677. The zero-order chi connectivity index (χ0) is 21.7. The van der Waals surface area contributed by atoms with Crippen LogP contribution < -0.4 is 10.5 Å². The Morgan fingerprint density at radius 1 is 1.27 bits per heavy atom. The molecule has 0 bridgehead atoms. The Balaban J connectivity index is 1.67. The molecule has 1 saturated heterocycles. The maximum absolute atomic E-state index is 12.9. The number of nitrogens with zero attached hydrogens (tertiary/aromatic N) is 1. The van der Waals surface area contributed by atoms with Crippen LogP contribution in [-0.2, 0) is 21.6 Å². The fourth-order valence-corrected chi connectivity index (χ4v) is 4.00. The van der Waals surface area contributed by atoms with Crippen LogP contribution in [0.4, 0.5) is 0 Å². The predicted octanol–water partition coefficient (Wildman–Crippen LogP) is 3.13. The summed E-state index contributed by atoms with van der Waals surface area (Å²) in [7, 11) is 1.50. The topological polar surface area (TPSA) is 85.0 Å². The van der Waals surface area contributed by atoms with Crippen LogP contribution in [0.1, 0.15) is 36.5 Å². The number of nitrogens with two attached hydrogens (primary N) is 1. The van der Waals surface area contributed by atoms with Crippen molar-refractivity contribution in [2.75, 3.05) is 26.8 Å². The summed E-state index contributed by atoms with van der Waals surface area (Å²) in [5.41, 5.74) is 8.84. The van der Waals surface area contributed by atoms with Gasteiger partial charge in [-0.15, -0.1) is 0 Å². The summed E-state index contributed by atoms with van der Waals surface area (Å²) < 4.78 is 11.4. The van der Waals surface area contributed by atoms with Crippen LogP contribution in [0, 0.1) is 6.92 Å². The standard InChI is InChI=1S/C24H32N2O4/c1-4-5-12-30-24(19-9-7-6-8-17(19)2)15-26(16-24)23(28)20(25)13-18-10-11-22(29-3)21(27)14-18/h6-11,14,20,27H,4-5,12-13,15-16,25H2,1-3H3. The first-order valence-corrected chi connectivity index (χ1v) is 10.5. The van der Waals surface area contributed by atoms with Gasteiger partial charge in [0.25, 0.3) is 0 Å². The fourth-order valence-electron chi connectivity index (χ4n) is 4.00. The van der Waals surface area contributed by atoms with Gasteiger partial charge in [0, 0.05) is 6.61 Å². The Morgan fingerprint density at radius 3 is 2.63 bits per heavy atom. The van der Waals surface area contributed by atoms with Crippen LogP contribution >= 0.6 is 0 Å². The van der Waals surface area contributed by atoms with Crippen molar-refractivity contribution >= 4 is 5.91 Å². The van der Waals surface area contributed by atoms with Crippen LogP contribution in [0.15, 0.2) is 42.5 Å². The lowest BCUT2D eigenvalue weighted by Crippen LogP contribution is -2.65. The zero-order valence-electron chi connectivity index (χ0n) is 18.1. The molecule has 1 aliphatic heterocycles. The lowest BCUT2D eigenvalue weighted by molar-refractivity contribution is -0.174. The number of likely N-dealkylation sites (tertiary alicyclic amines) is 1. The van der Waals surface area contributed by atoms with E-state index in [2.05, 4.69) is 26.0 Å². The van der Waals surface area contributed by atoms with Crippen molar-refractivity contribution in [3.8, 4) is 11.5 Å². The second-order valence-electron chi connectivity index (χ2n) is 8.02. The average Bonchev–Trinajstić information content (AvgIpc) is 2.70. The molecule has 1 unspecified atom stereocenters. The van der Waals surface area contributed by atoms with Gasteiger partial charge >= 0.3 is 0 Å². The maximum Gasteiger partial charge on any atom is 0.240 e. The molecule has 30 heavy (non-hydrogen) atoms. The molecule has 1 amide bonds. The molecule has 1 fully saturated rings. The molecular weight excluding hydrogens is 380 g/mol. The molecule has 3 rings (SSSR count). The van der Waals surface area contributed by atoms with Crippen molar-refractivity contribution in [1.82, 2.24) is 4.90 Å². The highest BCUT2D eigenvalue weighted by Gasteiger charge is 2.49. The first kappa shape index (κ1) is 22.1. The van der Waals surface area contributed by atoms with Gasteiger partial charge in [-0.3, -0.25) is 4.79 Å². The van der Waals surface area contributed by atoms with Crippen molar-refractivity contribution < 1.29 is 19.4 Å². The number of hydrogen-bond donors (Lipinski definition) is 2. The molecule has 1 aliphatic rings. The van der Waals surface area contributed by atoms with Crippen LogP contribution in [0.2, 0.25) is 0 Å². The number of unbranched alkanes of at least 4 members (excludes halogenated alkanes) is 1. The molecule has 0 spiro atoms. The first-order chi connectivity index (χ1) is 14.4. The quantitative estimate of drug-likeness (QED) is 0.618.